The van der Waals surface area contributed by atoms with Gasteiger partial charge in [0.1, 0.15) is 5.75 Å². The Balaban J connectivity index is 1.87. The largest absolute Gasteiger partial charge is 0.484 e. The van der Waals surface area contributed by atoms with Crippen molar-refractivity contribution in [2.45, 2.75) is 33.1 Å². The third-order valence-electron chi connectivity index (χ3n) is 3.67. The Morgan fingerprint density at radius 2 is 1.56 bits per heavy atom. The van der Waals surface area contributed by atoms with Crippen LogP contribution in [0.4, 0.5) is 11.4 Å². The van der Waals surface area contributed by atoms with E-state index in [-0.39, 0.29) is 18.4 Å². The van der Waals surface area contributed by atoms with Crippen molar-refractivity contribution in [2.75, 3.05) is 17.2 Å². The lowest BCUT2D eigenvalue weighted by atomic mass is 10.0. The number of amides is 2. The standard InChI is InChI=1S/C20H24N2O3/c1-4-19(23)21-16-6-5-7-17(12-16)22-20(24)13-25-18-10-8-15(9-11-18)14(2)3/h5-12,14H,4,13H2,1-3H3,(H,21,23)(H,22,24). The van der Waals surface area contributed by atoms with E-state index in [1.807, 2.05) is 24.3 Å². The molecule has 5 heteroatoms. The fourth-order valence-corrected chi connectivity index (χ4v) is 2.22. The smallest absolute Gasteiger partial charge is 0.262 e. The molecule has 0 aliphatic rings. The average molecular weight is 340 g/mol. The molecule has 0 aliphatic heterocycles. The monoisotopic (exact) mass is 340 g/mol. The molecule has 0 radical (unpaired) electrons. The van der Waals surface area contributed by atoms with E-state index in [0.717, 1.165) is 0 Å². The van der Waals surface area contributed by atoms with Crippen LogP contribution in [0.3, 0.4) is 0 Å². The molecule has 0 spiro atoms. The molecule has 0 heterocycles. The number of hydrogen-bond donors (Lipinski definition) is 2. The van der Waals surface area contributed by atoms with Crippen LogP contribution in [0.2, 0.25) is 0 Å². The highest BCUT2D eigenvalue weighted by Crippen LogP contribution is 2.19. The Kier molecular flexibility index (Phi) is 6.57. The van der Waals surface area contributed by atoms with Crippen molar-refractivity contribution in [3.63, 3.8) is 0 Å². The molecule has 0 bridgehead atoms. The Morgan fingerprint density at radius 1 is 0.960 bits per heavy atom. The molecule has 2 aromatic carbocycles. The molecule has 5 nitrogen and oxygen atoms in total. The summed E-state index contributed by atoms with van der Waals surface area (Å²) in [7, 11) is 0. The summed E-state index contributed by atoms with van der Waals surface area (Å²) in [5, 5.41) is 5.51. The van der Waals surface area contributed by atoms with Gasteiger partial charge in [0.05, 0.1) is 0 Å². The number of carbonyl (C=O) groups excluding carboxylic acids is 2. The van der Waals surface area contributed by atoms with Gasteiger partial charge in [0.25, 0.3) is 5.91 Å². The summed E-state index contributed by atoms with van der Waals surface area (Å²) >= 11 is 0. The van der Waals surface area contributed by atoms with E-state index in [1.165, 1.54) is 5.56 Å². The lowest BCUT2D eigenvalue weighted by molar-refractivity contribution is -0.118. The lowest BCUT2D eigenvalue weighted by Gasteiger charge is -2.10. The van der Waals surface area contributed by atoms with Crippen LogP contribution in [0.5, 0.6) is 5.75 Å². The number of hydrogen-bond acceptors (Lipinski definition) is 3. The van der Waals surface area contributed by atoms with Crippen LogP contribution in [-0.2, 0) is 9.59 Å². The predicted octanol–water partition coefficient (Wildman–Crippen LogP) is 4.18. The average Bonchev–Trinajstić information content (AvgIpc) is 2.60. The molecule has 0 saturated heterocycles. The summed E-state index contributed by atoms with van der Waals surface area (Å²) in [6, 6.07) is 14.7. The number of rotatable bonds is 7. The van der Waals surface area contributed by atoms with Gasteiger partial charge in [-0.1, -0.05) is 39.0 Å². The fourth-order valence-electron chi connectivity index (χ4n) is 2.22. The number of ether oxygens (including phenoxy) is 1. The summed E-state index contributed by atoms with van der Waals surface area (Å²) in [5.41, 5.74) is 2.48. The zero-order valence-electron chi connectivity index (χ0n) is 14.8. The van der Waals surface area contributed by atoms with E-state index in [2.05, 4.69) is 24.5 Å². The predicted molar refractivity (Wildman–Crippen MR) is 100 cm³/mol. The van der Waals surface area contributed by atoms with E-state index >= 15 is 0 Å². The maximum absolute atomic E-state index is 12.0. The molecule has 0 fully saturated rings. The van der Waals surface area contributed by atoms with Gasteiger partial charge in [0.15, 0.2) is 6.61 Å². The number of anilines is 2. The second-order valence-electron chi connectivity index (χ2n) is 6.04. The van der Waals surface area contributed by atoms with E-state index in [9.17, 15) is 9.59 Å². The minimum Gasteiger partial charge on any atom is -0.484 e. The van der Waals surface area contributed by atoms with Crippen molar-refractivity contribution >= 4 is 23.2 Å². The second kappa shape index (κ2) is 8.87. The highest BCUT2D eigenvalue weighted by atomic mass is 16.5. The molecule has 0 saturated carbocycles. The van der Waals surface area contributed by atoms with Crippen molar-refractivity contribution < 1.29 is 14.3 Å². The van der Waals surface area contributed by atoms with Gasteiger partial charge >= 0.3 is 0 Å². The topological polar surface area (TPSA) is 67.4 Å². The summed E-state index contributed by atoms with van der Waals surface area (Å²) in [4.78, 5) is 23.4. The van der Waals surface area contributed by atoms with Gasteiger partial charge in [-0.15, -0.1) is 0 Å². The van der Waals surface area contributed by atoms with E-state index in [0.29, 0.717) is 29.5 Å². The summed E-state index contributed by atoms with van der Waals surface area (Å²) < 4.78 is 5.51. The minimum absolute atomic E-state index is 0.0725. The number of benzene rings is 2. The summed E-state index contributed by atoms with van der Waals surface area (Å²) in [5.74, 6) is 0.782. The lowest BCUT2D eigenvalue weighted by Crippen LogP contribution is -2.20. The van der Waals surface area contributed by atoms with E-state index in [1.54, 1.807) is 31.2 Å². The van der Waals surface area contributed by atoms with Crippen molar-refractivity contribution in [2.24, 2.45) is 0 Å². The molecule has 2 N–H and O–H groups in total. The highest BCUT2D eigenvalue weighted by Gasteiger charge is 2.06. The Hall–Kier alpha value is -2.82. The molecule has 25 heavy (non-hydrogen) atoms. The molecule has 2 rings (SSSR count). The molecular weight excluding hydrogens is 316 g/mol. The normalized spacial score (nSPS) is 10.4. The first-order valence-electron chi connectivity index (χ1n) is 8.40. The number of carbonyl (C=O) groups is 2. The van der Waals surface area contributed by atoms with Gasteiger partial charge in [0.2, 0.25) is 5.91 Å². The zero-order valence-corrected chi connectivity index (χ0v) is 14.8. The molecular formula is C20H24N2O3. The van der Waals surface area contributed by atoms with Crippen molar-refractivity contribution in [1.82, 2.24) is 0 Å². The van der Waals surface area contributed by atoms with Crippen LogP contribution in [0.1, 0.15) is 38.7 Å². The van der Waals surface area contributed by atoms with E-state index in [4.69, 9.17) is 4.74 Å². The highest BCUT2D eigenvalue weighted by molar-refractivity contribution is 5.94. The van der Waals surface area contributed by atoms with Crippen LogP contribution in [0.25, 0.3) is 0 Å². The van der Waals surface area contributed by atoms with Crippen molar-refractivity contribution in [1.29, 1.82) is 0 Å². The van der Waals surface area contributed by atoms with Gasteiger partial charge in [-0.25, -0.2) is 0 Å². The molecule has 0 unspecified atom stereocenters. The molecule has 0 atom stereocenters. The molecule has 2 amide bonds. The van der Waals surface area contributed by atoms with Crippen LogP contribution in [0, 0.1) is 0 Å². The molecule has 2 aromatic rings. The summed E-state index contributed by atoms with van der Waals surface area (Å²) in [6.07, 6.45) is 0.403. The number of nitrogens with one attached hydrogen (secondary N) is 2. The fraction of sp³-hybridized carbons (Fsp3) is 0.300. The van der Waals surface area contributed by atoms with Crippen LogP contribution < -0.4 is 15.4 Å². The zero-order chi connectivity index (χ0) is 18.2. The SMILES string of the molecule is CCC(=O)Nc1cccc(NC(=O)COc2ccc(C(C)C)cc2)c1. The molecule has 0 aliphatic carbocycles. The summed E-state index contributed by atoms with van der Waals surface area (Å²) in [6.45, 7) is 5.96. The molecule has 0 aromatic heterocycles. The Bertz CT molecular complexity index is 724. The minimum atomic E-state index is -0.257. The Morgan fingerprint density at radius 3 is 2.12 bits per heavy atom. The van der Waals surface area contributed by atoms with Gasteiger partial charge in [0, 0.05) is 17.8 Å². The Labute approximate surface area is 148 Å². The van der Waals surface area contributed by atoms with Crippen molar-refractivity contribution in [3.8, 4) is 5.75 Å². The van der Waals surface area contributed by atoms with Crippen LogP contribution in [0.15, 0.2) is 48.5 Å². The first kappa shape index (κ1) is 18.5. The van der Waals surface area contributed by atoms with E-state index < -0.39 is 0 Å². The second-order valence-corrected chi connectivity index (χ2v) is 6.04. The first-order chi connectivity index (χ1) is 12.0. The maximum Gasteiger partial charge on any atom is 0.262 e. The quantitative estimate of drug-likeness (QED) is 0.795. The van der Waals surface area contributed by atoms with Gasteiger partial charge < -0.3 is 15.4 Å². The van der Waals surface area contributed by atoms with Gasteiger partial charge in [-0.05, 0) is 41.8 Å². The van der Waals surface area contributed by atoms with Crippen LogP contribution in [-0.4, -0.2) is 18.4 Å². The van der Waals surface area contributed by atoms with Gasteiger partial charge in [-0.3, -0.25) is 9.59 Å². The first-order valence-corrected chi connectivity index (χ1v) is 8.40. The maximum atomic E-state index is 12.0. The third-order valence-corrected chi connectivity index (χ3v) is 3.67. The third kappa shape index (κ3) is 5.95. The van der Waals surface area contributed by atoms with Crippen LogP contribution >= 0.6 is 0 Å². The molecule has 132 valence electrons. The van der Waals surface area contributed by atoms with Gasteiger partial charge in [-0.2, -0.15) is 0 Å². The van der Waals surface area contributed by atoms with Crippen molar-refractivity contribution in [3.05, 3.63) is 54.1 Å².